The summed E-state index contributed by atoms with van der Waals surface area (Å²) >= 11 is 7.11. The third-order valence-electron chi connectivity index (χ3n) is 1.54. The van der Waals surface area contributed by atoms with Crippen LogP contribution in [-0.2, 0) is 9.05 Å². The largest absolute Gasteiger partial charge is 0.296 e. The average molecular weight is 256 g/mol. The molecule has 2 aromatic heterocycles. The van der Waals surface area contributed by atoms with Gasteiger partial charge in [0, 0.05) is 22.3 Å². The van der Waals surface area contributed by atoms with Crippen molar-refractivity contribution in [3.63, 3.8) is 0 Å². The molecule has 0 bridgehead atoms. The summed E-state index contributed by atoms with van der Waals surface area (Å²) in [6, 6.07) is 1.57. The van der Waals surface area contributed by atoms with E-state index in [2.05, 4.69) is 0 Å². The Kier molecular flexibility index (Phi) is 2.07. The molecular formula is C6H3Cl2NO2S2. The van der Waals surface area contributed by atoms with Crippen molar-refractivity contribution in [2.24, 2.45) is 0 Å². The van der Waals surface area contributed by atoms with Gasteiger partial charge < -0.3 is 0 Å². The molecule has 0 saturated heterocycles. The summed E-state index contributed by atoms with van der Waals surface area (Å²) in [5.74, 6) is 0. The zero-order valence-electron chi connectivity index (χ0n) is 6.07. The molecule has 0 aliphatic heterocycles. The van der Waals surface area contributed by atoms with E-state index in [0.717, 1.165) is 4.83 Å². The first-order chi connectivity index (χ1) is 6.00. The van der Waals surface area contributed by atoms with Gasteiger partial charge in [0.25, 0.3) is 9.05 Å². The molecule has 0 fully saturated rings. The second kappa shape index (κ2) is 2.88. The number of hydrogen-bond acceptors (Lipinski definition) is 3. The van der Waals surface area contributed by atoms with Gasteiger partial charge in [-0.15, -0.1) is 11.3 Å². The van der Waals surface area contributed by atoms with E-state index in [1.165, 1.54) is 15.7 Å². The molecule has 2 heterocycles. The first-order valence-electron chi connectivity index (χ1n) is 3.19. The molecule has 0 N–H and O–H groups in total. The smallest absolute Gasteiger partial charge is 0.278 e. The number of halogens is 2. The van der Waals surface area contributed by atoms with E-state index in [-0.39, 0.29) is 10.0 Å². The Labute approximate surface area is 87.9 Å². The molecule has 0 unspecified atom stereocenters. The Morgan fingerprint density at radius 3 is 2.77 bits per heavy atom. The molecule has 3 nitrogen and oxygen atoms in total. The summed E-state index contributed by atoms with van der Waals surface area (Å²) in [5.41, 5.74) is 0. The van der Waals surface area contributed by atoms with Gasteiger partial charge in [0.2, 0.25) is 0 Å². The van der Waals surface area contributed by atoms with Crippen LogP contribution in [0.25, 0.3) is 4.83 Å². The van der Waals surface area contributed by atoms with Crippen LogP contribution in [0.4, 0.5) is 0 Å². The van der Waals surface area contributed by atoms with Gasteiger partial charge in [-0.3, -0.25) is 4.40 Å². The molecule has 2 rings (SSSR count). The van der Waals surface area contributed by atoms with Crippen LogP contribution in [0, 0.1) is 0 Å². The minimum Gasteiger partial charge on any atom is -0.296 e. The van der Waals surface area contributed by atoms with Crippen molar-refractivity contribution in [3.8, 4) is 0 Å². The number of fused-ring (bicyclic) bond motifs is 1. The standard InChI is InChI=1S/C6H3Cl2NO2S2/c7-4-3-5-9(1-2-12-5)6(4)13(8,10)11/h1-3H. The lowest BCUT2D eigenvalue weighted by molar-refractivity contribution is 0.605. The summed E-state index contributed by atoms with van der Waals surface area (Å²) in [6.45, 7) is 0. The first-order valence-corrected chi connectivity index (χ1v) is 6.75. The van der Waals surface area contributed by atoms with Gasteiger partial charge in [-0.05, 0) is 6.07 Å². The topological polar surface area (TPSA) is 38.5 Å². The zero-order valence-corrected chi connectivity index (χ0v) is 9.21. The van der Waals surface area contributed by atoms with E-state index in [9.17, 15) is 8.42 Å². The lowest BCUT2D eigenvalue weighted by Gasteiger charge is -1.93. The molecule has 0 saturated carbocycles. The van der Waals surface area contributed by atoms with Crippen molar-refractivity contribution >= 4 is 47.5 Å². The molecule has 7 heteroatoms. The monoisotopic (exact) mass is 255 g/mol. The Hall–Kier alpha value is -0.230. The van der Waals surface area contributed by atoms with Crippen molar-refractivity contribution in [2.75, 3.05) is 0 Å². The highest BCUT2D eigenvalue weighted by molar-refractivity contribution is 8.13. The molecule has 70 valence electrons. The van der Waals surface area contributed by atoms with E-state index in [0.29, 0.717) is 0 Å². The second-order valence-corrected chi connectivity index (χ2v) is 6.16. The van der Waals surface area contributed by atoms with Crippen LogP contribution >= 0.6 is 33.6 Å². The Morgan fingerprint density at radius 2 is 2.15 bits per heavy atom. The van der Waals surface area contributed by atoms with Crippen LogP contribution in [0.1, 0.15) is 0 Å². The minimum absolute atomic E-state index is 0.0629. The van der Waals surface area contributed by atoms with Crippen LogP contribution in [-0.4, -0.2) is 12.8 Å². The SMILES string of the molecule is O=S(=O)(Cl)c1c(Cl)cc2sccn12. The number of nitrogens with zero attached hydrogens (tertiary/aromatic N) is 1. The van der Waals surface area contributed by atoms with Crippen molar-refractivity contribution in [3.05, 3.63) is 22.7 Å². The normalized spacial score (nSPS) is 12.5. The van der Waals surface area contributed by atoms with Gasteiger partial charge in [-0.1, -0.05) is 11.6 Å². The van der Waals surface area contributed by atoms with E-state index < -0.39 is 9.05 Å². The second-order valence-electron chi connectivity index (χ2n) is 2.35. The van der Waals surface area contributed by atoms with Crippen LogP contribution in [0.3, 0.4) is 0 Å². The van der Waals surface area contributed by atoms with E-state index in [1.807, 2.05) is 0 Å². The fourth-order valence-corrected chi connectivity index (χ4v) is 3.75. The Balaban J connectivity index is 2.94. The summed E-state index contributed by atoms with van der Waals surface area (Å²) < 4.78 is 23.6. The lowest BCUT2D eigenvalue weighted by atomic mass is 10.7. The minimum atomic E-state index is -3.78. The molecule has 0 aliphatic carbocycles. The predicted octanol–water partition coefficient (Wildman–Crippen LogP) is 2.58. The maximum Gasteiger partial charge on any atom is 0.278 e. The molecular weight excluding hydrogens is 253 g/mol. The van der Waals surface area contributed by atoms with Crippen LogP contribution in [0.2, 0.25) is 5.02 Å². The summed E-state index contributed by atoms with van der Waals surface area (Å²) in [5, 5.41) is 1.85. The summed E-state index contributed by atoms with van der Waals surface area (Å²) in [7, 11) is 1.44. The molecule has 0 aromatic carbocycles. The molecule has 2 aromatic rings. The fraction of sp³-hybridized carbons (Fsp3) is 0. The first kappa shape index (κ1) is 9.33. The third-order valence-corrected chi connectivity index (χ3v) is 4.07. The summed E-state index contributed by atoms with van der Waals surface area (Å²) in [6.07, 6.45) is 1.61. The Morgan fingerprint density at radius 1 is 1.46 bits per heavy atom. The molecule has 13 heavy (non-hydrogen) atoms. The molecule has 0 amide bonds. The van der Waals surface area contributed by atoms with Gasteiger partial charge in [-0.2, -0.15) is 0 Å². The van der Waals surface area contributed by atoms with Crippen molar-refractivity contribution in [1.82, 2.24) is 4.40 Å². The van der Waals surface area contributed by atoms with Crippen LogP contribution in [0.5, 0.6) is 0 Å². The summed E-state index contributed by atoms with van der Waals surface area (Å²) in [4.78, 5) is 0.754. The fourth-order valence-electron chi connectivity index (χ4n) is 1.08. The van der Waals surface area contributed by atoms with Crippen molar-refractivity contribution in [2.45, 2.75) is 5.03 Å². The number of thiazole rings is 1. The van der Waals surface area contributed by atoms with Crippen LogP contribution in [0.15, 0.2) is 22.7 Å². The van der Waals surface area contributed by atoms with Gasteiger partial charge >= 0.3 is 0 Å². The van der Waals surface area contributed by atoms with E-state index >= 15 is 0 Å². The van der Waals surface area contributed by atoms with Gasteiger partial charge in [0.1, 0.15) is 4.83 Å². The maximum absolute atomic E-state index is 11.1. The number of aromatic nitrogens is 1. The van der Waals surface area contributed by atoms with Crippen molar-refractivity contribution < 1.29 is 8.42 Å². The molecule has 0 atom stereocenters. The van der Waals surface area contributed by atoms with E-state index in [4.69, 9.17) is 22.3 Å². The van der Waals surface area contributed by atoms with Crippen LogP contribution < -0.4 is 0 Å². The highest BCUT2D eigenvalue weighted by Crippen LogP contribution is 2.30. The number of hydrogen-bond donors (Lipinski definition) is 0. The van der Waals surface area contributed by atoms with Gasteiger partial charge in [0.15, 0.2) is 5.03 Å². The maximum atomic E-state index is 11.1. The number of rotatable bonds is 1. The molecule has 0 radical (unpaired) electrons. The van der Waals surface area contributed by atoms with E-state index in [1.54, 1.807) is 17.6 Å². The third kappa shape index (κ3) is 1.46. The lowest BCUT2D eigenvalue weighted by Crippen LogP contribution is -1.95. The Bertz CT molecular complexity index is 554. The zero-order chi connectivity index (χ0) is 9.64. The van der Waals surface area contributed by atoms with Gasteiger partial charge in [-0.25, -0.2) is 8.42 Å². The van der Waals surface area contributed by atoms with Crippen molar-refractivity contribution in [1.29, 1.82) is 0 Å². The molecule has 0 spiro atoms. The van der Waals surface area contributed by atoms with Gasteiger partial charge in [0.05, 0.1) is 5.02 Å². The predicted molar refractivity (Wildman–Crippen MR) is 53.3 cm³/mol. The average Bonchev–Trinajstić information content (AvgIpc) is 2.41. The molecule has 0 aliphatic rings. The highest BCUT2D eigenvalue weighted by Gasteiger charge is 2.20. The quantitative estimate of drug-likeness (QED) is 0.735. The highest BCUT2D eigenvalue weighted by atomic mass is 35.7.